The number of rotatable bonds is 3. The lowest BCUT2D eigenvalue weighted by molar-refractivity contribution is -0.127. The number of imide groups is 1. The molecular formula is C10H16N2O5S. The molecule has 0 radical (unpaired) electrons. The highest BCUT2D eigenvalue weighted by Crippen LogP contribution is 2.22. The molecule has 0 aromatic rings. The molecule has 2 aliphatic heterocycles. The Labute approximate surface area is 106 Å². The highest BCUT2D eigenvalue weighted by Gasteiger charge is 2.39. The van der Waals surface area contributed by atoms with Crippen LogP contribution >= 0.6 is 0 Å². The molecular weight excluding hydrogens is 260 g/mol. The minimum absolute atomic E-state index is 0.0718. The topological polar surface area (TPSA) is 84.0 Å². The summed E-state index contributed by atoms with van der Waals surface area (Å²) >= 11 is 0. The lowest BCUT2D eigenvalue weighted by Crippen LogP contribution is -2.48. The van der Waals surface area contributed by atoms with Gasteiger partial charge in [0.1, 0.15) is 0 Å². The standard InChI is InChI=1S/C10H16N2O5S/c1-2-18(15,16)11-5-3-8(4-6-11)12-9(13)7-17-10(12)14/h8H,2-7H2,1H3. The molecule has 2 saturated heterocycles. The summed E-state index contributed by atoms with van der Waals surface area (Å²) in [4.78, 5) is 24.0. The maximum atomic E-state index is 11.7. The first-order valence-electron chi connectivity index (χ1n) is 5.92. The van der Waals surface area contributed by atoms with E-state index in [0.29, 0.717) is 25.9 Å². The second-order valence-electron chi connectivity index (χ2n) is 4.35. The first kappa shape index (κ1) is 13.3. The summed E-state index contributed by atoms with van der Waals surface area (Å²) in [5, 5.41) is 0. The van der Waals surface area contributed by atoms with E-state index in [1.54, 1.807) is 6.92 Å². The minimum atomic E-state index is -3.18. The summed E-state index contributed by atoms with van der Waals surface area (Å²) in [6.45, 7) is 2.09. The molecule has 2 amide bonds. The summed E-state index contributed by atoms with van der Waals surface area (Å²) in [5.74, 6) is -0.265. The molecule has 0 atom stereocenters. The number of nitrogens with zero attached hydrogens (tertiary/aromatic N) is 2. The summed E-state index contributed by atoms with van der Waals surface area (Å²) in [5.41, 5.74) is 0. The van der Waals surface area contributed by atoms with Crippen molar-refractivity contribution in [2.24, 2.45) is 0 Å². The Balaban J connectivity index is 1.99. The van der Waals surface area contributed by atoms with E-state index in [4.69, 9.17) is 0 Å². The molecule has 0 aromatic carbocycles. The summed E-state index contributed by atoms with van der Waals surface area (Å²) in [6.07, 6.45) is 0.331. The van der Waals surface area contributed by atoms with Crippen molar-refractivity contribution >= 4 is 22.0 Å². The Morgan fingerprint density at radius 2 is 1.89 bits per heavy atom. The van der Waals surface area contributed by atoms with Crippen LogP contribution in [0.1, 0.15) is 19.8 Å². The van der Waals surface area contributed by atoms with Gasteiger partial charge in [-0.3, -0.25) is 4.79 Å². The molecule has 0 aliphatic carbocycles. The maximum absolute atomic E-state index is 11.7. The number of hydrogen-bond donors (Lipinski definition) is 0. The molecule has 2 aliphatic rings. The van der Waals surface area contributed by atoms with Crippen molar-refractivity contribution in [3.8, 4) is 0 Å². The molecule has 8 heteroatoms. The molecule has 0 bridgehead atoms. The van der Waals surface area contributed by atoms with Crippen LogP contribution in [-0.4, -0.2) is 61.1 Å². The van der Waals surface area contributed by atoms with Crippen molar-refractivity contribution in [2.45, 2.75) is 25.8 Å². The van der Waals surface area contributed by atoms with Gasteiger partial charge >= 0.3 is 6.09 Å². The van der Waals surface area contributed by atoms with Crippen LogP contribution in [0.3, 0.4) is 0 Å². The lowest BCUT2D eigenvalue weighted by atomic mass is 10.1. The van der Waals surface area contributed by atoms with Gasteiger partial charge in [0.05, 0.1) is 5.75 Å². The zero-order valence-corrected chi connectivity index (χ0v) is 11.0. The molecule has 2 rings (SSSR count). The van der Waals surface area contributed by atoms with Crippen LogP contribution in [-0.2, 0) is 19.6 Å². The highest BCUT2D eigenvalue weighted by atomic mass is 32.2. The number of carbonyl (C=O) groups is 2. The van der Waals surface area contributed by atoms with Gasteiger partial charge in [-0.25, -0.2) is 22.4 Å². The van der Waals surface area contributed by atoms with Gasteiger partial charge < -0.3 is 4.74 Å². The number of piperidine rings is 1. The van der Waals surface area contributed by atoms with E-state index >= 15 is 0 Å². The molecule has 0 saturated carbocycles. The van der Waals surface area contributed by atoms with Crippen molar-refractivity contribution in [3.05, 3.63) is 0 Å². The van der Waals surface area contributed by atoms with E-state index in [9.17, 15) is 18.0 Å². The average Bonchev–Trinajstić information content (AvgIpc) is 2.69. The smallest absolute Gasteiger partial charge is 0.417 e. The largest absolute Gasteiger partial charge is 0.439 e. The van der Waals surface area contributed by atoms with Crippen molar-refractivity contribution in [1.82, 2.24) is 9.21 Å². The zero-order chi connectivity index (χ0) is 13.3. The van der Waals surface area contributed by atoms with Crippen molar-refractivity contribution < 1.29 is 22.7 Å². The fourth-order valence-corrected chi connectivity index (χ4v) is 3.41. The van der Waals surface area contributed by atoms with E-state index in [1.165, 1.54) is 4.31 Å². The third-order valence-electron chi connectivity index (χ3n) is 3.33. The Bertz CT molecular complexity index is 437. The first-order valence-corrected chi connectivity index (χ1v) is 7.53. The molecule has 0 spiro atoms. The van der Waals surface area contributed by atoms with Gasteiger partial charge in [-0.1, -0.05) is 0 Å². The van der Waals surface area contributed by atoms with E-state index in [-0.39, 0.29) is 24.3 Å². The van der Waals surface area contributed by atoms with Gasteiger partial charge in [0.2, 0.25) is 10.0 Å². The van der Waals surface area contributed by atoms with Gasteiger partial charge in [0.15, 0.2) is 6.61 Å². The Kier molecular flexibility index (Phi) is 3.58. The van der Waals surface area contributed by atoms with E-state index < -0.39 is 16.1 Å². The van der Waals surface area contributed by atoms with Crippen LogP contribution in [0.5, 0.6) is 0 Å². The van der Waals surface area contributed by atoms with Crippen LogP contribution in [0.25, 0.3) is 0 Å². The second-order valence-corrected chi connectivity index (χ2v) is 6.61. The monoisotopic (exact) mass is 276 g/mol. The van der Waals surface area contributed by atoms with Crippen molar-refractivity contribution in [3.63, 3.8) is 0 Å². The Morgan fingerprint density at radius 1 is 1.28 bits per heavy atom. The molecule has 0 unspecified atom stereocenters. The van der Waals surface area contributed by atoms with Gasteiger partial charge in [-0.15, -0.1) is 0 Å². The second kappa shape index (κ2) is 4.85. The number of cyclic esters (lactones) is 1. The van der Waals surface area contributed by atoms with E-state index in [2.05, 4.69) is 4.74 Å². The Hall–Kier alpha value is -1.15. The molecule has 0 aromatic heterocycles. The van der Waals surface area contributed by atoms with Gasteiger partial charge in [-0.05, 0) is 19.8 Å². The first-order chi connectivity index (χ1) is 8.45. The van der Waals surface area contributed by atoms with Crippen molar-refractivity contribution in [2.75, 3.05) is 25.4 Å². The maximum Gasteiger partial charge on any atom is 0.417 e. The predicted molar refractivity (Wildman–Crippen MR) is 62.2 cm³/mol. The van der Waals surface area contributed by atoms with Gasteiger partial charge in [0.25, 0.3) is 5.91 Å². The third-order valence-corrected chi connectivity index (χ3v) is 5.21. The van der Waals surface area contributed by atoms with Crippen LogP contribution in [0.15, 0.2) is 0 Å². The molecule has 7 nitrogen and oxygen atoms in total. The molecule has 0 N–H and O–H groups in total. The Morgan fingerprint density at radius 3 is 2.33 bits per heavy atom. The summed E-state index contributed by atoms with van der Waals surface area (Å²) in [6, 6.07) is -0.240. The van der Waals surface area contributed by atoms with Crippen LogP contribution in [0.4, 0.5) is 4.79 Å². The summed E-state index contributed by atoms with van der Waals surface area (Å²) in [7, 11) is -3.18. The number of carbonyl (C=O) groups excluding carboxylic acids is 2. The number of sulfonamides is 1. The molecule has 2 fully saturated rings. The molecule has 2 heterocycles. The predicted octanol–water partition coefficient (Wildman–Crippen LogP) is -0.221. The number of ether oxygens (including phenoxy) is 1. The summed E-state index contributed by atoms with van der Waals surface area (Å²) < 4.78 is 29.4. The van der Waals surface area contributed by atoms with E-state index in [0.717, 1.165) is 4.90 Å². The SMILES string of the molecule is CCS(=O)(=O)N1CCC(N2C(=O)COC2=O)CC1. The van der Waals surface area contributed by atoms with E-state index in [1.807, 2.05) is 0 Å². The molecule has 102 valence electrons. The van der Waals surface area contributed by atoms with Crippen LogP contribution < -0.4 is 0 Å². The fraction of sp³-hybridized carbons (Fsp3) is 0.800. The number of hydrogen-bond acceptors (Lipinski definition) is 5. The molecule has 18 heavy (non-hydrogen) atoms. The highest BCUT2D eigenvalue weighted by molar-refractivity contribution is 7.89. The van der Waals surface area contributed by atoms with Crippen molar-refractivity contribution in [1.29, 1.82) is 0 Å². The zero-order valence-electron chi connectivity index (χ0n) is 10.2. The lowest BCUT2D eigenvalue weighted by Gasteiger charge is -2.33. The van der Waals surface area contributed by atoms with Gasteiger partial charge in [-0.2, -0.15) is 0 Å². The van der Waals surface area contributed by atoms with Crippen LogP contribution in [0, 0.1) is 0 Å². The normalized spacial score (nSPS) is 23.5. The average molecular weight is 276 g/mol. The fourth-order valence-electron chi connectivity index (χ4n) is 2.28. The van der Waals surface area contributed by atoms with Crippen LogP contribution in [0.2, 0.25) is 0 Å². The van der Waals surface area contributed by atoms with Gasteiger partial charge in [0, 0.05) is 19.1 Å². The minimum Gasteiger partial charge on any atom is -0.439 e. The quantitative estimate of drug-likeness (QED) is 0.711. The number of amides is 2. The third kappa shape index (κ3) is 2.35.